The van der Waals surface area contributed by atoms with E-state index >= 15 is 0 Å². The monoisotopic (exact) mass is 683 g/mol. The Balaban J connectivity index is 1.70. The van der Waals surface area contributed by atoms with Crippen molar-refractivity contribution in [1.29, 1.82) is 0 Å². The van der Waals surface area contributed by atoms with Gasteiger partial charge in [-0.3, -0.25) is 9.36 Å². The number of halogens is 2. The molecular formula is C30H27Br2N3O4S. The zero-order chi connectivity index (χ0) is 28.7. The fraction of sp³-hybridized carbons (Fsp3) is 0.233. The first kappa shape index (κ1) is 28.3. The fourth-order valence-corrected chi connectivity index (χ4v) is 6.88. The molecule has 206 valence electrons. The molecule has 3 heterocycles. The predicted molar refractivity (Wildman–Crippen MR) is 164 cm³/mol. The number of ether oxygens (including phenoxy) is 2. The van der Waals surface area contributed by atoms with Gasteiger partial charge in [-0.05, 0) is 103 Å². The van der Waals surface area contributed by atoms with Crippen molar-refractivity contribution in [3.63, 3.8) is 0 Å². The topological polar surface area (TPSA) is 74.8 Å². The zero-order valence-electron chi connectivity index (χ0n) is 22.6. The van der Waals surface area contributed by atoms with E-state index in [0.717, 1.165) is 32.7 Å². The van der Waals surface area contributed by atoms with E-state index in [1.165, 1.54) is 11.3 Å². The Kier molecular flexibility index (Phi) is 8.03. The first-order valence-corrected chi connectivity index (χ1v) is 15.0. The van der Waals surface area contributed by atoms with E-state index in [9.17, 15) is 9.59 Å². The number of hydrogen-bond acceptors (Lipinski definition) is 6. The molecule has 1 aliphatic rings. The molecule has 0 N–H and O–H groups in total. The van der Waals surface area contributed by atoms with Crippen LogP contribution in [0.5, 0.6) is 5.75 Å². The van der Waals surface area contributed by atoms with Gasteiger partial charge in [-0.2, -0.15) is 0 Å². The molecular weight excluding hydrogens is 658 g/mol. The second-order valence-corrected chi connectivity index (χ2v) is 12.1. The first-order chi connectivity index (χ1) is 19.1. The number of fused-ring (bicyclic) bond motifs is 1. The summed E-state index contributed by atoms with van der Waals surface area (Å²) in [6.45, 7) is 7.84. The highest BCUT2D eigenvalue weighted by molar-refractivity contribution is 9.10. The lowest BCUT2D eigenvalue weighted by Crippen LogP contribution is -2.40. The van der Waals surface area contributed by atoms with Gasteiger partial charge in [-0.15, -0.1) is 0 Å². The molecule has 0 saturated heterocycles. The van der Waals surface area contributed by atoms with Gasteiger partial charge in [0.05, 0.1) is 40.0 Å². The first-order valence-electron chi connectivity index (χ1n) is 12.6. The number of methoxy groups -OCH3 is 1. The van der Waals surface area contributed by atoms with Crippen molar-refractivity contribution in [2.75, 3.05) is 13.7 Å². The van der Waals surface area contributed by atoms with E-state index in [2.05, 4.69) is 59.6 Å². The molecule has 7 nitrogen and oxygen atoms in total. The maximum absolute atomic E-state index is 14.0. The van der Waals surface area contributed by atoms with Crippen molar-refractivity contribution in [2.24, 2.45) is 4.99 Å². The van der Waals surface area contributed by atoms with Crippen LogP contribution < -0.4 is 19.6 Å². The van der Waals surface area contributed by atoms with Crippen LogP contribution in [0.4, 0.5) is 0 Å². The summed E-state index contributed by atoms with van der Waals surface area (Å²) >= 11 is 8.36. The third-order valence-corrected chi connectivity index (χ3v) is 8.98. The maximum Gasteiger partial charge on any atom is 0.338 e. The largest absolute Gasteiger partial charge is 0.496 e. The average Bonchev–Trinajstić information content (AvgIpc) is 3.37. The van der Waals surface area contributed by atoms with E-state index in [-0.39, 0.29) is 12.2 Å². The summed E-state index contributed by atoms with van der Waals surface area (Å²) in [5.74, 6) is 0.156. The SMILES string of the molecule is CCOC(=O)C1=C(C)N=c2s/c(=C/c3cc(C)n(-c4ccc(Br)cc4)c3C)c(=O)n2[C@H]1c1ccc(OC)c(Br)c1. The van der Waals surface area contributed by atoms with Gasteiger partial charge < -0.3 is 14.0 Å². The number of carbonyl (C=O) groups is 1. The quantitative estimate of drug-likeness (QED) is 0.243. The lowest BCUT2D eigenvalue weighted by atomic mass is 9.96. The smallest absolute Gasteiger partial charge is 0.338 e. The molecule has 10 heteroatoms. The summed E-state index contributed by atoms with van der Waals surface area (Å²) in [5.41, 5.74) is 5.44. The summed E-state index contributed by atoms with van der Waals surface area (Å²) in [4.78, 5) is 32.4. The lowest BCUT2D eigenvalue weighted by molar-refractivity contribution is -0.139. The highest BCUT2D eigenvalue weighted by atomic mass is 79.9. The van der Waals surface area contributed by atoms with Crippen molar-refractivity contribution >= 4 is 55.2 Å². The van der Waals surface area contributed by atoms with Crippen LogP contribution in [-0.2, 0) is 9.53 Å². The van der Waals surface area contributed by atoms with E-state index in [0.29, 0.717) is 30.8 Å². The molecule has 0 fully saturated rings. The number of rotatable bonds is 6. The number of nitrogens with zero attached hydrogens (tertiary/aromatic N) is 3. The van der Waals surface area contributed by atoms with Gasteiger partial charge in [0, 0.05) is 21.5 Å². The molecule has 0 aliphatic carbocycles. The molecule has 1 aliphatic heterocycles. The van der Waals surface area contributed by atoms with Gasteiger partial charge >= 0.3 is 5.97 Å². The normalized spacial score (nSPS) is 15.2. The summed E-state index contributed by atoms with van der Waals surface area (Å²) in [6.07, 6.45) is 1.91. The van der Waals surface area contributed by atoms with Crippen molar-refractivity contribution in [1.82, 2.24) is 9.13 Å². The molecule has 4 aromatic rings. The highest BCUT2D eigenvalue weighted by Gasteiger charge is 2.33. The number of aryl methyl sites for hydroxylation is 1. The van der Waals surface area contributed by atoms with Crippen molar-refractivity contribution in [3.8, 4) is 11.4 Å². The minimum atomic E-state index is -0.699. The average molecular weight is 685 g/mol. The maximum atomic E-state index is 14.0. The van der Waals surface area contributed by atoms with Crippen LogP contribution in [0.2, 0.25) is 0 Å². The number of benzene rings is 2. The molecule has 0 saturated carbocycles. The van der Waals surface area contributed by atoms with Gasteiger partial charge in [0.15, 0.2) is 4.80 Å². The molecule has 0 bridgehead atoms. The molecule has 0 spiro atoms. The second-order valence-electron chi connectivity index (χ2n) is 9.33. The molecule has 5 rings (SSSR count). The second kappa shape index (κ2) is 11.3. The fourth-order valence-electron chi connectivity index (χ4n) is 5.02. The summed E-state index contributed by atoms with van der Waals surface area (Å²) < 4.78 is 16.8. The van der Waals surface area contributed by atoms with Gasteiger partial charge in [-0.25, -0.2) is 9.79 Å². The molecule has 40 heavy (non-hydrogen) atoms. The molecule has 1 atom stereocenters. The van der Waals surface area contributed by atoms with Crippen LogP contribution in [0.25, 0.3) is 11.8 Å². The Bertz CT molecular complexity index is 1850. The molecule has 2 aromatic heterocycles. The van der Waals surface area contributed by atoms with Gasteiger partial charge in [0.1, 0.15) is 5.75 Å². The summed E-state index contributed by atoms with van der Waals surface area (Å²) in [7, 11) is 1.59. The van der Waals surface area contributed by atoms with Crippen LogP contribution in [0.15, 0.2) is 78.5 Å². The Morgan fingerprint density at radius 3 is 2.48 bits per heavy atom. The van der Waals surface area contributed by atoms with Crippen LogP contribution in [0.1, 0.15) is 42.4 Å². The number of allylic oxidation sites excluding steroid dienone is 1. The van der Waals surface area contributed by atoms with E-state index in [1.54, 1.807) is 25.5 Å². The minimum Gasteiger partial charge on any atom is -0.496 e. The number of carbonyl (C=O) groups excluding carboxylic acids is 1. The third-order valence-electron chi connectivity index (χ3n) is 6.85. The van der Waals surface area contributed by atoms with Gasteiger partial charge in [-0.1, -0.05) is 33.3 Å². The molecule has 0 radical (unpaired) electrons. The third kappa shape index (κ3) is 5.04. The summed E-state index contributed by atoms with van der Waals surface area (Å²) in [5, 5.41) is 0. The van der Waals surface area contributed by atoms with Crippen molar-refractivity contribution in [2.45, 2.75) is 33.7 Å². The molecule has 0 unspecified atom stereocenters. The highest BCUT2D eigenvalue weighted by Crippen LogP contribution is 2.35. The Hall–Kier alpha value is -3.21. The van der Waals surface area contributed by atoms with Gasteiger partial charge in [0.25, 0.3) is 5.56 Å². The lowest BCUT2D eigenvalue weighted by Gasteiger charge is -2.25. The Morgan fingerprint density at radius 2 is 1.82 bits per heavy atom. The van der Waals surface area contributed by atoms with E-state index < -0.39 is 12.0 Å². The summed E-state index contributed by atoms with van der Waals surface area (Å²) in [6, 6.07) is 15.0. The molecule has 0 amide bonds. The zero-order valence-corrected chi connectivity index (χ0v) is 26.6. The van der Waals surface area contributed by atoms with Crippen molar-refractivity contribution < 1.29 is 14.3 Å². The van der Waals surface area contributed by atoms with Crippen LogP contribution in [0.3, 0.4) is 0 Å². The van der Waals surface area contributed by atoms with Crippen LogP contribution in [0, 0.1) is 13.8 Å². The van der Waals surface area contributed by atoms with Crippen LogP contribution in [-0.4, -0.2) is 28.8 Å². The predicted octanol–water partition coefficient (Wildman–Crippen LogP) is 5.74. The van der Waals surface area contributed by atoms with E-state index in [4.69, 9.17) is 9.47 Å². The number of aromatic nitrogens is 2. The number of esters is 1. The van der Waals surface area contributed by atoms with E-state index in [1.807, 2.05) is 50.3 Å². The Morgan fingerprint density at radius 1 is 1.10 bits per heavy atom. The number of thiazole rings is 1. The minimum absolute atomic E-state index is 0.215. The molecule has 2 aromatic carbocycles. The Labute approximate surface area is 252 Å². The standard InChI is InChI=1S/C30H27Br2N3O4S/c1-6-39-29(37)26-17(3)33-30-35(27(26)19-7-12-24(38-5)23(32)14-19)28(36)25(40-30)15-20-13-16(2)34(18(20)4)22-10-8-21(31)9-11-22/h7-15,27H,6H2,1-5H3/b25-15+/t27-/m0/s1. The van der Waals surface area contributed by atoms with Crippen molar-refractivity contribution in [3.05, 3.63) is 111 Å². The van der Waals surface area contributed by atoms with Gasteiger partial charge in [0.2, 0.25) is 0 Å². The number of hydrogen-bond donors (Lipinski definition) is 0. The van der Waals surface area contributed by atoms with Crippen LogP contribution >= 0.6 is 43.2 Å².